The number of guanidine groups is 1. The summed E-state index contributed by atoms with van der Waals surface area (Å²) in [5.74, 6) is 2.22. The van der Waals surface area contributed by atoms with Crippen LogP contribution in [-0.2, 0) is 9.47 Å². The molecule has 2 heterocycles. The standard InChI is InChI=1S/C20H40N4O2/c1-18(16-24-10-4-3-5-11-24)15-23-20(21-2)22-9-6-12-26-17-19-7-13-25-14-8-19/h18-19H,3-17H2,1-2H3,(H2,21,22,23). The molecule has 1 unspecified atom stereocenters. The fraction of sp³-hybridized carbons (Fsp3) is 0.950. The van der Waals surface area contributed by atoms with Crippen molar-refractivity contribution >= 4 is 5.96 Å². The van der Waals surface area contributed by atoms with Gasteiger partial charge in [0.05, 0.1) is 0 Å². The molecule has 0 saturated carbocycles. The molecule has 2 rings (SSSR count). The smallest absolute Gasteiger partial charge is 0.190 e. The molecule has 0 aromatic rings. The summed E-state index contributed by atoms with van der Waals surface area (Å²) in [6, 6.07) is 0. The van der Waals surface area contributed by atoms with Gasteiger partial charge < -0.3 is 25.0 Å². The number of nitrogens with one attached hydrogen (secondary N) is 2. The molecule has 0 aliphatic carbocycles. The van der Waals surface area contributed by atoms with E-state index in [1.54, 1.807) is 0 Å². The molecular formula is C20H40N4O2. The van der Waals surface area contributed by atoms with Gasteiger partial charge in [0.1, 0.15) is 0 Å². The fourth-order valence-electron chi connectivity index (χ4n) is 3.68. The molecular weight excluding hydrogens is 328 g/mol. The highest BCUT2D eigenvalue weighted by molar-refractivity contribution is 5.79. The number of hydrogen-bond donors (Lipinski definition) is 2. The summed E-state index contributed by atoms with van der Waals surface area (Å²) in [4.78, 5) is 6.92. The Morgan fingerprint density at radius 2 is 1.96 bits per heavy atom. The van der Waals surface area contributed by atoms with Crippen LogP contribution in [0.3, 0.4) is 0 Å². The van der Waals surface area contributed by atoms with E-state index in [0.717, 1.165) is 64.7 Å². The summed E-state index contributed by atoms with van der Waals surface area (Å²) in [5.41, 5.74) is 0. The molecule has 2 N–H and O–H groups in total. The van der Waals surface area contributed by atoms with Crippen LogP contribution in [0.2, 0.25) is 0 Å². The maximum Gasteiger partial charge on any atom is 0.190 e. The minimum absolute atomic E-state index is 0.634. The number of aliphatic imine (C=N–C) groups is 1. The highest BCUT2D eigenvalue weighted by Gasteiger charge is 2.14. The van der Waals surface area contributed by atoms with Crippen molar-refractivity contribution < 1.29 is 9.47 Å². The van der Waals surface area contributed by atoms with E-state index < -0.39 is 0 Å². The first-order valence-electron chi connectivity index (χ1n) is 10.6. The second kappa shape index (κ2) is 13.3. The van der Waals surface area contributed by atoms with Gasteiger partial charge >= 0.3 is 0 Å². The number of nitrogens with zero attached hydrogens (tertiary/aromatic N) is 2. The zero-order valence-electron chi connectivity index (χ0n) is 17.0. The number of ether oxygens (including phenoxy) is 2. The Kier molecular flexibility index (Phi) is 11.0. The first-order chi connectivity index (χ1) is 12.8. The van der Waals surface area contributed by atoms with Crippen molar-refractivity contribution in [3.63, 3.8) is 0 Å². The van der Waals surface area contributed by atoms with E-state index in [9.17, 15) is 0 Å². The van der Waals surface area contributed by atoms with Crippen LogP contribution in [0.5, 0.6) is 0 Å². The molecule has 6 nitrogen and oxygen atoms in total. The van der Waals surface area contributed by atoms with Crippen LogP contribution in [0, 0.1) is 11.8 Å². The Morgan fingerprint density at radius 3 is 2.69 bits per heavy atom. The Bertz CT molecular complexity index is 380. The van der Waals surface area contributed by atoms with Gasteiger partial charge in [0.15, 0.2) is 5.96 Å². The van der Waals surface area contributed by atoms with Gasteiger partial charge in [-0.2, -0.15) is 0 Å². The van der Waals surface area contributed by atoms with Gasteiger partial charge in [0.25, 0.3) is 0 Å². The molecule has 0 spiro atoms. The van der Waals surface area contributed by atoms with E-state index in [1.165, 1.54) is 38.9 Å². The van der Waals surface area contributed by atoms with E-state index in [0.29, 0.717) is 11.8 Å². The Balaban J connectivity index is 1.46. The van der Waals surface area contributed by atoms with Crippen molar-refractivity contribution in [2.75, 3.05) is 66.2 Å². The fourth-order valence-corrected chi connectivity index (χ4v) is 3.68. The van der Waals surface area contributed by atoms with Gasteiger partial charge in [-0.1, -0.05) is 13.3 Å². The number of likely N-dealkylation sites (tertiary alicyclic amines) is 1. The van der Waals surface area contributed by atoms with Crippen LogP contribution in [0.4, 0.5) is 0 Å². The molecule has 0 bridgehead atoms. The zero-order chi connectivity index (χ0) is 18.5. The predicted octanol–water partition coefficient (Wildman–Crippen LogP) is 2.11. The largest absolute Gasteiger partial charge is 0.381 e. The van der Waals surface area contributed by atoms with Gasteiger partial charge in [0.2, 0.25) is 0 Å². The summed E-state index contributed by atoms with van der Waals surface area (Å²) in [6.45, 7) is 11.4. The maximum absolute atomic E-state index is 5.81. The average molecular weight is 369 g/mol. The van der Waals surface area contributed by atoms with Crippen LogP contribution in [0.1, 0.15) is 45.4 Å². The second-order valence-corrected chi connectivity index (χ2v) is 7.83. The van der Waals surface area contributed by atoms with Gasteiger partial charge in [-0.25, -0.2) is 0 Å². The first-order valence-corrected chi connectivity index (χ1v) is 10.6. The quantitative estimate of drug-likeness (QED) is 0.351. The molecule has 2 aliphatic heterocycles. The van der Waals surface area contributed by atoms with Crippen LogP contribution >= 0.6 is 0 Å². The van der Waals surface area contributed by atoms with Crippen molar-refractivity contribution in [2.24, 2.45) is 16.8 Å². The molecule has 2 aliphatic rings. The minimum Gasteiger partial charge on any atom is -0.381 e. The lowest BCUT2D eigenvalue weighted by Gasteiger charge is -2.29. The third-order valence-corrected chi connectivity index (χ3v) is 5.31. The average Bonchev–Trinajstić information content (AvgIpc) is 2.68. The van der Waals surface area contributed by atoms with Gasteiger partial charge in [-0.3, -0.25) is 4.99 Å². The molecule has 0 amide bonds. The summed E-state index contributed by atoms with van der Waals surface area (Å²) in [7, 11) is 1.84. The van der Waals surface area contributed by atoms with E-state index in [4.69, 9.17) is 9.47 Å². The zero-order valence-corrected chi connectivity index (χ0v) is 17.0. The summed E-state index contributed by atoms with van der Waals surface area (Å²) in [6.07, 6.45) is 7.42. The molecule has 0 radical (unpaired) electrons. The van der Waals surface area contributed by atoms with Gasteiger partial charge in [-0.15, -0.1) is 0 Å². The lowest BCUT2D eigenvalue weighted by atomic mass is 10.0. The number of hydrogen-bond acceptors (Lipinski definition) is 4. The Morgan fingerprint density at radius 1 is 1.19 bits per heavy atom. The monoisotopic (exact) mass is 368 g/mol. The first kappa shape index (κ1) is 21.5. The molecule has 1 atom stereocenters. The predicted molar refractivity (Wildman–Crippen MR) is 108 cm³/mol. The molecule has 2 saturated heterocycles. The van der Waals surface area contributed by atoms with Crippen molar-refractivity contribution in [1.82, 2.24) is 15.5 Å². The van der Waals surface area contributed by atoms with Crippen LogP contribution in [0.15, 0.2) is 4.99 Å². The second-order valence-electron chi connectivity index (χ2n) is 7.83. The van der Waals surface area contributed by atoms with Crippen molar-refractivity contribution in [2.45, 2.75) is 45.4 Å². The lowest BCUT2D eigenvalue weighted by molar-refractivity contribution is 0.0203. The van der Waals surface area contributed by atoms with Gasteiger partial charge in [0, 0.05) is 53.1 Å². The highest BCUT2D eigenvalue weighted by Crippen LogP contribution is 2.14. The van der Waals surface area contributed by atoms with E-state index in [-0.39, 0.29) is 0 Å². The van der Waals surface area contributed by atoms with Crippen molar-refractivity contribution in [1.29, 1.82) is 0 Å². The molecule has 6 heteroatoms. The Labute approximate surface area is 160 Å². The molecule has 0 aromatic heterocycles. The number of rotatable bonds is 10. The normalized spacial score (nSPS) is 21.5. The van der Waals surface area contributed by atoms with Crippen molar-refractivity contribution in [3.05, 3.63) is 0 Å². The lowest BCUT2D eigenvalue weighted by Crippen LogP contribution is -2.42. The minimum atomic E-state index is 0.634. The van der Waals surface area contributed by atoms with E-state index >= 15 is 0 Å². The number of piperidine rings is 1. The molecule has 26 heavy (non-hydrogen) atoms. The van der Waals surface area contributed by atoms with Crippen molar-refractivity contribution in [3.8, 4) is 0 Å². The SMILES string of the molecule is CN=C(NCCCOCC1CCOCC1)NCC(C)CN1CCCCC1. The van der Waals surface area contributed by atoms with E-state index in [1.807, 2.05) is 7.05 Å². The summed E-state index contributed by atoms with van der Waals surface area (Å²) >= 11 is 0. The van der Waals surface area contributed by atoms with Crippen LogP contribution in [-0.4, -0.2) is 77.1 Å². The van der Waals surface area contributed by atoms with Crippen LogP contribution < -0.4 is 10.6 Å². The molecule has 0 aromatic carbocycles. The third kappa shape index (κ3) is 9.19. The summed E-state index contributed by atoms with van der Waals surface area (Å²) < 4.78 is 11.2. The Hall–Kier alpha value is -0.850. The molecule has 2 fully saturated rings. The summed E-state index contributed by atoms with van der Waals surface area (Å²) in [5, 5.41) is 6.85. The highest BCUT2D eigenvalue weighted by atomic mass is 16.5. The van der Waals surface area contributed by atoms with Crippen LogP contribution in [0.25, 0.3) is 0 Å². The van der Waals surface area contributed by atoms with E-state index in [2.05, 4.69) is 27.4 Å². The molecule has 152 valence electrons. The maximum atomic E-state index is 5.81. The van der Waals surface area contributed by atoms with Gasteiger partial charge in [-0.05, 0) is 57.0 Å². The third-order valence-electron chi connectivity index (χ3n) is 5.31. The topological polar surface area (TPSA) is 58.1 Å².